The molecule has 2 aromatic carbocycles. The van der Waals surface area contributed by atoms with Gasteiger partial charge in [0.1, 0.15) is 5.82 Å². The predicted molar refractivity (Wildman–Crippen MR) is 131 cm³/mol. The van der Waals surface area contributed by atoms with Gasteiger partial charge in [0.05, 0.1) is 23.0 Å². The van der Waals surface area contributed by atoms with Gasteiger partial charge in [-0.2, -0.15) is 0 Å². The fourth-order valence-corrected chi connectivity index (χ4v) is 4.82. The number of aromatic nitrogens is 5. The summed E-state index contributed by atoms with van der Waals surface area (Å²) in [7, 11) is 0. The molecule has 0 radical (unpaired) electrons. The summed E-state index contributed by atoms with van der Waals surface area (Å²) in [4.78, 5) is 16.3. The summed E-state index contributed by atoms with van der Waals surface area (Å²) in [5.41, 5.74) is 8.42. The first-order valence-electron chi connectivity index (χ1n) is 10.7. The van der Waals surface area contributed by atoms with Crippen LogP contribution in [0.1, 0.15) is 17.8 Å². The molecule has 0 bridgehead atoms. The number of primary amides is 1. The second-order valence-electron chi connectivity index (χ2n) is 7.67. The van der Waals surface area contributed by atoms with Crippen molar-refractivity contribution in [3.63, 3.8) is 0 Å². The molecule has 3 aromatic heterocycles. The van der Waals surface area contributed by atoms with Crippen molar-refractivity contribution >= 4 is 40.3 Å². The summed E-state index contributed by atoms with van der Waals surface area (Å²) < 4.78 is 9.54. The van der Waals surface area contributed by atoms with Crippen molar-refractivity contribution in [3.8, 4) is 11.6 Å². The van der Waals surface area contributed by atoms with Crippen LogP contribution in [0.15, 0.2) is 76.5 Å². The average Bonchev–Trinajstić information content (AvgIpc) is 3.56. The van der Waals surface area contributed by atoms with Crippen LogP contribution in [0.25, 0.3) is 22.6 Å². The summed E-state index contributed by atoms with van der Waals surface area (Å²) in [6.07, 6.45) is 1.75. The molecule has 5 rings (SSSR count). The van der Waals surface area contributed by atoms with E-state index in [9.17, 15) is 4.79 Å². The summed E-state index contributed by atoms with van der Waals surface area (Å²) >= 11 is 7.72. The van der Waals surface area contributed by atoms with E-state index in [-0.39, 0.29) is 6.42 Å². The fourth-order valence-electron chi connectivity index (χ4n) is 3.74. The molecule has 3 heterocycles. The molecule has 8 nitrogen and oxygen atoms in total. The van der Waals surface area contributed by atoms with E-state index in [0.29, 0.717) is 40.6 Å². The van der Waals surface area contributed by atoms with Gasteiger partial charge in [-0.3, -0.25) is 9.36 Å². The Hall–Kier alpha value is -3.56. The molecule has 0 aliphatic rings. The zero-order chi connectivity index (χ0) is 23.5. The first-order chi connectivity index (χ1) is 16.6. The third-order valence-corrected chi connectivity index (χ3v) is 6.54. The second kappa shape index (κ2) is 9.74. The second-order valence-corrected chi connectivity index (χ2v) is 9.05. The molecule has 0 saturated heterocycles. The minimum absolute atomic E-state index is 0.171. The van der Waals surface area contributed by atoms with Gasteiger partial charge in [-0.15, -0.1) is 10.2 Å². The van der Waals surface area contributed by atoms with Gasteiger partial charge in [-0.1, -0.05) is 53.7 Å². The van der Waals surface area contributed by atoms with Crippen LogP contribution in [-0.4, -0.2) is 30.2 Å². The largest absolute Gasteiger partial charge is 0.461 e. The van der Waals surface area contributed by atoms with Crippen molar-refractivity contribution in [1.82, 2.24) is 24.3 Å². The van der Waals surface area contributed by atoms with Crippen LogP contribution in [0.4, 0.5) is 0 Å². The minimum Gasteiger partial charge on any atom is -0.461 e. The van der Waals surface area contributed by atoms with E-state index in [1.807, 2.05) is 47.0 Å². The van der Waals surface area contributed by atoms with Gasteiger partial charge in [0.15, 0.2) is 16.7 Å². The van der Waals surface area contributed by atoms with Crippen molar-refractivity contribution in [3.05, 3.63) is 83.3 Å². The number of rotatable bonds is 9. The number of fused-ring (bicyclic) bond motifs is 1. The molecule has 34 heavy (non-hydrogen) atoms. The number of nitrogens with two attached hydrogens (primary N) is 1. The highest BCUT2D eigenvalue weighted by Gasteiger charge is 2.19. The van der Waals surface area contributed by atoms with E-state index in [1.54, 1.807) is 12.3 Å². The highest BCUT2D eigenvalue weighted by Crippen LogP contribution is 2.29. The molecule has 0 unspecified atom stereocenters. The minimum atomic E-state index is -0.392. The smallest absolute Gasteiger partial charge is 0.219 e. The molecule has 1 amide bonds. The van der Waals surface area contributed by atoms with Gasteiger partial charge in [-0.05, 0) is 35.9 Å². The molecule has 5 aromatic rings. The topological polar surface area (TPSA) is 105 Å². The molecule has 0 spiro atoms. The molecule has 2 N–H and O–H groups in total. The zero-order valence-corrected chi connectivity index (χ0v) is 19.7. The van der Waals surface area contributed by atoms with Gasteiger partial charge in [-0.25, -0.2) is 4.98 Å². The van der Waals surface area contributed by atoms with E-state index >= 15 is 0 Å². The summed E-state index contributed by atoms with van der Waals surface area (Å²) in [6, 6.07) is 19.6. The van der Waals surface area contributed by atoms with Crippen molar-refractivity contribution in [1.29, 1.82) is 0 Å². The lowest BCUT2D eigenvalue weighted by molar-refractivity contribution is -0.118. The molecule has 0 saturated carbocycles. The average molecular weight is 493 g/mol. The number of thioether (sulfide) groups is 1. The van der Waals surface area contributed by atoms with Gasteiger partial charge in [0, 0.05) is 24.5 Å². The van der Waals surface area contributed by atoms with Crippen LogP contribution in [-0.2, 0) is 23.6 Å². The van der Waals surface area contributed by atoms with Crippen LogP contribution in [0.3, 0.4) is 0 Å². The standard InChI is InChI=1S/C24H21ClN6O2S/c25-17-8-9-19-18(13-17)27-22(31(19)14-16-5-2-1-3-6-16)15-34-24-29-28-23(20-7-4-12-33-20)30(24)11-10-21(26)32/h1-9,12-13H,10-11,14-15H2,(H2,26,32). The molecular weight excluding hydrogens is 472 g/mol. The van der Waals surface area contributed by atoms with Crippen molar-refractivity contribution < 1.29 is 9.21 Å². The number of nitrogens with zero attached hydrogens (tertiary/aromatic N) is 5. The van der Waals surface area contributed by atoms with Crippen molar-refractivity contribution in [2.24, 2.45) is 5.73 Å². The zero-order valence-electron chi connectivity index (χ0n) is 18.1. The molecule has 10 heteroatoms. The fraction of sp³-hybridized carbons (Fsp3) is 0.167. The predicted octanol–water partition coefficient (Wildman–Crippen LogP) is 4.76. The molecule has 172 valence electrons. The first kappa shape index (κ1) is 22.2. The Morgan fingerprint density at radius 1 is 1.06 bits per heavy atom. The molecule has 0 atom stereocenters. The third-order valence-electron chi connectivity index (χ3n) is 5.34. The normalized spacial score (nSPS) is 11.3. The Labute approximate surface area is 204 Å². The van der Waals surface area contributed by atoms with E-state index in [0.717, 1.165) is 16.9 Å². The number of carbonyl (C=O) groups excluding carboxylic acids is 1. The Morgan fingerprint density at radius 3 is 2.68 bits per heavy atom. The lowest BCUT2D eigenvalue weighted by atomic mass is 10.2. The van der Waals surface area contributed by atoms with E-state index in [2.05, 4.69) is 26.9 Å². The monoisotopic (exact) mass is 492 g/mol. The highest BCUT2D eigenvalue weighted by molar-refractivity contribution is 7.98. The summed E-state index contributed by atoms with van der Waals surface area (Å²) in [6.45, 7) is 1.04. The first-order valence-corrected chi connectivity index (χ1v) is 12.0. The number of imidazole rings is 1. The molecule has 0 fully saturated rings. The highest BCUT2D eigenvalue weighted by atomic mass is 35.5. The summed E-state index contributed by atoms with van der Waals surface area (Å²) in [5, 5.41) is 9.95. The van der Waals surface area contributed by atoms with Gasteiger partial charge < -0.3 is 14.7 Å². The van der Waals surface area contributed by atoms with Crippen LogP contribution < -0.4 is 5.73 Å². The van der Waals surface area contributed by atoms with Gasteiger partial charge in [0.25, 0.3) is 0 Å². The van der Waals surface area contributed by atoms with Crippen LogP contribution in [0.2, 0.25) is 5.02 Å². The van der Waals surface area contributed by atoms with Crippen LogP contribution in [0.5, 0.6) is 0 Å². The number of amides is 1. The van der Waals surface area contributed by atoms with E-state index in [1.165, 1.54) is 17.3 Å². The van der Waals surface area contributed by atoms with Crippen LogP contribution >= 0.6 is 23.4 Å². The maximum absolute atomic E-state index is 11.4. The number of hydrogen-bond donors (Lipinski definition) is 1. The lowest BCUT2D eigenvalue weighted by Crippen LogP contribution is -2.15. The van der Waals surface area contributed by atoms with Gasteiger partial charge in [0.2, 0.25) is 5.91 Å². The Bertz CT molecular complexity index is 1430. The van der Waals surface area contributed by atoms with Crippen LogP contribution in [0, 0.1) is 0 Å². The Balaban J connectivity index is 1.47. The number of halogens is 1. The number of furan rings is 1. The number of hydrogen-bond acceptors (Lipinski definition) is 6. The Kier molecular flexibility index (Phi) is 6.37. The van der Waals surface area contributed by atoms with E-state index in [4.69, 9.17) is 26.7 Å². The maximum Gasteiger partial charge on any atom is 0.219 e. The van der Waals surface area contributed by atoms with Crippen molar-refractivity contribution in [2.45, 2.75) is 30.4 Å². The Morgan fingerprint density at radius 2 is 1.91 bits per heavy atom. The molecule has 0 aliphatic carbocycles. The maximum atomic E-state index is 11.4. The number of carbonyl (C=O) groups is 1. The van der Waals surface area contributed by atoms with Gasteiger partial charge >= 0.3 is 0 Å². The van der Waals surface area contributed by atoms with E-state index < -0.39 is 5.91 Å². The third kappa shape index (κ3) is 4.71. The quantitative estimate of drug-likeness (QED) is 0.297. The molecule has 0 aliphatic heterocycles. The number of benzene rings is 2. The SMILES string of the molecule is NC(=O)CCn1c(SCc2nc3cc(Cl)ccc3n2Cc2ccccc2)nnc1-c1ccco1. The molecular formula is C24H21ClN6O2S. The lowest BCUT2D eigenvalue weighted by Gasteiger charge is -2.10. The van der Waals surface area contributed by atoms with Crippen molar-refractivity contribution in [2.75, 3.05) is 0 Å². The summed E-state index contributed by atoms with van der Waals surface area (Å²) in [5.74, 6) is 2.17.